The lowest BCUT2D eigenvalue weighted by molar-refractivity contribution is 0.0490. The lowest BCUT2D eigenvalue weighted by Gasteiger charge is -2.49. The van der Waals surface area contributed by atoms with Crippen molar-refractivity contribution in [1.29, 1.82) is 0 Å². The van der Waals surface area contributed by atoms with Gasteiger partial charge in [-0.1, -0.05) is 47.0 Å². The second-order valence-corrected chi connectivity index (χ2v) is 8.16. The Morgan fingerprint density at radius 1 is 1.10 bits per heavy atom. The fraction of sp³-hybridized carbons (Fsp3) is 1.00. The zero-order valence-electron chi connectivity index (χ0n) is 14.9. The predicted octanol–water partition coefficient (Wildman–Crippen LogP) is 4.45. The minimum absolute atomic E-state index is 0.388. The van der Waals surface area contributed by atoms with Crippen LogP contribution in [0.5, 0.6) is 0 Å². The van der Waals surface area contributed by atoms with E-state index in [1.807, 2.05) is 0 Å². The van der Waals surface area contributed by atoms with Gasteiger partial charge in [-0.25, -0.2) is 0 Å². The molecule has 2 nitrogen and oxygen atoms in total. The van der Waals surface area contributed by atoms with Crippen LogP contribution in [0.15, 0.2) is 0 Å². The van der Waals surface area contributed by atoms with Crippen LogP contribution < -0.4 is 5.32 Å². The monoisotopic (exact) mass is 282 g/mol. The van der Waals surface area contributed by atoms with Crippen molar-refractivity contribution in [3.05, 3.63) is 0 Å². The molecule has 1 N–H and O–H groups in total. The van der Waals surface area contributed by atoms with Gasteiger partial charge in [0.15, 0.2) is 0 Å². The van der Waals surface area contributed by atoms with E-state index in [1.54, 1.807) is 0 Å². The van der Waals surface area contributed by atoms with Crippen molar-refractivity contribution < 1.29 is 0 Å². The first-order valence-electron chi connectivity index (χ1n) is 8.72. The summed E-state index contributed by atoms with van der Waals surface area (Å²) in [6, 6.07) is 0.650. The number of likely N-dealkylation sites (N-methyl/N-ethyl adjacent to an activating group) is 1. The van der Waals surface area contributed by atoms with E-state index >= 15 is 0 Å². The minimum atomic E-state index is 0.388. The molecule has 0 spiro atoms. The van der Waals surface area contributed by atoms with Gasteiger partial charge >= 0.3 is 0 Å². The average molecular weight is 283 g/mol. The third-order valence-corrected chi connectivity index (χ3v) is 5.08. The molecule has 0 aliphatic heterocycles. The Morgan fingerprint density at radius 2 is 1.70 bits per heavy atom. The zero-order chi connectivity index (χ0) is 15.2. The molecular formula is C18H38N2. The molecule has 1 atom stereocenters. The van der Waals surface area contributed by atoms with Crippen molar-refractivity contribution >= 4 is 0 Å². The summed E-state index contributed by atoms with van der Waals surface area (Å²) >= 11 is 0. The summed E-state index contributed by atoms with van der Waals surface area (Å²) in [6.07, 6.45) is 10.8. The standard InChI is InChI=1S/C18H38N2/c1-7-15-19-16(11-14-17(2,3)4)18(20(5)6)12-9-8-10-13-18/h16,19H,7-15H2,1-6H3. The SMILES string of the molecule is CCCNC(CCC(C)(C)C)C1(N(C)C)CCCCC1. The number of hydrogen-bond donors (Lipinski definition) is 1. The van der Waals surface area contributed by atoms with Crippen molar-refractivity contribution in [2.45, 2.75) is 90.6 Å². The van der Waals surface area contributed by atoms with E-state index in [0.717, 1.165) is 6.54 Å². The molecule has 1 saturated carbocycles. The molecule has 0 amide bonds. The fourth-order valence-electron chi connectivity index (χ4n) is 3.73. The molecule has 0 radical (unpaired) electrons. The first kappa shape index (κ1) is 18.0. The van der Waals surface area contributed by atoms with Crippen LogP contribution in [-0.2, 0) is 0 Å². The molecule has 0 heterocycles. The Hall–Kier alpha value is -0.0800. The van der Waals surface area contributed by atoms with Crippen LogP contribution in [0.2, 0.25) is 0 Å². The molecule has 1 aliphatic rings. The van der Waals surface area contributed by atoms with Crippen molar-refractivity contribution in [2.75, 3.05) is 20.6 Å². The van der Waals surface area contributed by atoms with Gasteiger partial charge in [-0.2, -0.15) is 0 Å². The van der Waals surface area contributed by atoms with Crippen LogP contribution in [-0.4, -0.2) is 37.1 Å². The first-order chi connectivity index (χ1) is 9.32. The molecule has 1 aliphatic carbocycles. The van der Waals surface area contributed by atoms with E-state index in [1.165, 1.54) is 51.4 Å². The number of nitrogens with zero attached hydrogens (tertiary/aromatic N) is 1. The number of rotatable bonds is 7. The predicted molar refractivity (Wildman–Crippen MR) is 90.3 cm³/mol. The maximum atomic E-state index is 3.89. The van der Waals surface area contributed by atoms with Gasteiger partial charge in [-0.3, -0.25) is 0 Å². The Morgan fingerprint density at radius 3 is 2.15 bits per heavy atom. The van der Waals surface area contributed by atoms with Crippen LogP contribution in [0, 0.1) is 5.41 Å². The van der Waals surface area contributed by atoms with Gasteiger partial charge in [-0.15, -0.1) is 0 Å². The highest BCUT2D eigenvalue weighted by Gasteiger charge is 2.41. The molecule has 1 rings (SSSR count). The highest BCUT2D eigenvalue weighted by molar-refractivity contribution is 5.00. The number of nitrogens with one attached hydrogen (secondary N) is 1. The third-order valence-electron chi connectivity index (χ3n) is 5.08. The maximum absolute atomic E-state index is 3.89. The topological polar surface area (TPSA) is 15.3 Å². The van der Waals surface area contributed by atoms with Crippen LogP contribution >= 0.6 is 0 Å². The van der Waals surface area contributed by atoms with Gasteiger partial charge in [0.1, 0.15) is 0 Å². The molecule has 0 aromatic carbocycles. The summed E-state index contributed by atoms with van der Waals surface area (Å²) in [5.74, 6) is 0. The van der Waals surface area contributed by atoms with Gasteiger partial charge in [0.2, 0.25) is 0 Å². The molecule has 1 unspecified atom stereocenters. The smallest absolute Gasteiger partial charge is 0.0356 e. The van der Waals surface area contributed by atoms with E-state index < -0.39 is 0 Å². The average Bonchev–Trinajstić information content (AvgIpc) is 2.38. The van der Waals surface area contributed by atoms with Crippen molar-refractivity contribution in [3.8, 4) is 0 Å². The Kier molecular flexibility index (Phi) is 7.00. The second kappa shape index (κ2) is 7.79. The van der Waals surface area contributed by atoms with Gasteiger partial charge in [-0.05, 0) is 58.2 Å². The number of hydrogen-bond acceptors (Lipinski definition) is 2. The Labute approximate surface area is 127 Å². The van der Waals surface area contributed by atoms with Gasteiger partial charge in [0.05, 0.1) is 0 Å². The second-order valence-electron chi connectivity index (χ2n) is 8.16. The molecule has 0 saturated heterocycles. The normalized spacial score (nSPS) is 21.1. The van der Waals surface area contributed by atoms with E-state index in [0.29, 0.717) is 17.0 Å². The van der Waals surface area contributed by atoms with Crippen LogP contribution in [0.1, 0.15) is 79.1 Å². The molecule has 2 heteroatoms. The minimum Gasteiger partial charge on any atom is -0.312 e. The lowest BCUT2D eigenvalue weighted by atomic mass is 9.72. The molecule has 0 bridgehead atoms. The quantitative estimate of drug-likeness (QED) is 0.742. The molecule has 120 valence electrons. The summed E-state index contributed by atoms with van der Waals surface area (Å²) < 4.78 is 0. The van der Waals surface area contributed by atoms with Crippen molar-refractivity contribution in [2.24, 2.45) is 5.41 Å². The van der Waals surface area contributed by atoms with E-state index in [9.17, 15) is 0 Å². The molecule has 0 aromatic rings. The van der Waals surface area contributed by atoms with E-state index in [2.05, 4.69) is 52.0 Å². The summed E-state index contributed by atoms with van der Waals surface area (Å²) in [7, 11) is 4.59. The summed E-state index contributed by atoms with van der Waals surface area (Å²) in [6.45, 7) is 10.5. The summed E-state index contributed by atoms with van der Waals surface area (Å²) in [5, 5.41) is 3.89. The summed E-state index contributed by atoms with van der Waals surface area (Å²) in [4.78, 5) is 2.53. The molecule has 1 fully saturated rings. The van der Waals surface area contributed by atoms with E-state index in [4.69, 9.17) is 0 Å². The summed E-state index contributed by atoms with van der Waals surface area (Å²) in [5.41, 5.74) is 0.826. The van der Waals surface area contributed by atoms with Crippen molar-refractivity contribution in [1.82, 2.24) is 10.2 Å². The molecular weight excluding hydrogens is 244 g/mol. The molecule has 0 aromatic heterocycles. The highest BCUT2D eigenvalue weighted by atomic mass is 15.2. The van der Waals surface area contributed by atoms with Crippen LogP contribution in [0.3, 0.4) is 0 Å². The largest absolute Gasteiger partial charge is 0.312 e. The van der Waals surface area contributed by atoms with Gasteiger partial charge < -0.3 is 10.2 Å². The Bertz CT molecular complexity index is 259. The fourth-order valence-corrected chi connectivity index (χ4v) is 3.73. The molecule has 20 heavy (non-hydrogen) atoms. The van der Waals surface area contributed by atoms with E-state index in [-0.39, 0.29) is 0 Å². The highest BCUT2D eigenvalue weighted by Crippen LogP contribution is 2.38. The Balaban J connectivity index is 2.80. The lowest BCUT2D eigenvalue weighted by Crippen LogP contribution is -2.60. The van der Waals surface area contributed by atoms with Crippen molar-refractivity contribution in [3.63, 3.8) is 0 Å². The first-order valence-corrected chi connectivity index (χ1v) is 8.72. The maximum Gasteiger partial charge on any atom is 0.0356 e. The van der Waals surface area contributed by atoms with Gasteiger partial charge in [0, 0.05) is 11.6 Å². The van der Waals surface area contributed by atoms with Gasteiger partial charge in [0.25, 0.3) is 0 Å². The third kappa shape index (κ3) is 5.04. The van der Waals surface area contributed by atoms with Crippen LogP contribution in [0.25, 0.3) is 0 Å². The van der Waals surface area contributed by atoms with Crippen LogP contribution in [0.4, 0.5) is 0 Å². The zero-order valence-corrected chi connectivity index (χ0v) is 14.9.